The van der Waals surface area contributed by atoms with Gasteiger partial charge in [-0.2, -0.15) is 0 Å². The Balaban J connectivity index is 1.36. The van der Waals surface area contributed by atoms with Gasteiger partial charge in [-0.25, -0.2) is 4.98 Å². The lowest BCUT2D eigenvalue weighted by atomic mass is 9.84. The third-order valence-electron chi connectivity index (χ3n) is 6.02. The van der Waals surface area contributed by atoms with Crippen molar-refractivity contribution in [3.05, 3.63) is 65.6 Å². The summed E-state index contributed by atoms with van der Waals surface area (Å²) in [6.45, 7) is 3.21. The van der Waals surface area contributed by atoms with Gasteiger partial charge in [0.2, 0.25) is 0 Å². The van der Waals surface area contributed by atoms with Gasteiger partial charge in [-0.05, 0) is 49.6 Å². The summed E-state index contributed by atoms with van der Waals surface area (Å²) in [6, 6.07) is 11.4. The van der Waals surface area contributed by atoms with E-state index in [0.717, 1.165) is 24.1 Å². The van der Waals surface area contributed by atoms with Crippen molar-refractivity contribution in [1.29, 1.82) is 0 Å². The summed E-state index contributed by atoms with van der Waals surface area (Å²) in [5, 5.41) is 0. The highest BCUT2D eigenvalue weighted by Crippen LogP contribution is 2.39. The molecule has 2 aliphatic heterocycles. The van der Waals surface area contributed by atoms with Crippen LogP contribution >= 0.6 is 0 Å². The van der Waals surface area contributed by atoms with Gasteiger partial charge < -0.3 is 14.0 Å². The molecule has 1 atom stereocenters. The van der Waals surface area contributed by atoms with Crippen molar-refractivity contribution in [2.24, 2.45) is 0 Å². The molecule has 1 spiro atoms. The number of benzene rings is 1. The molecule has 0 aliphatic carbocycles. The summed E-state index contributed by atoms with van der Waals surface area (Å²) in [7, 11) is 0. The SMILES string of the molecule is Cc1ccn2cc(C(=O)N3CCCC4(CC3)CC(=O)c3ccccc3O4)nc2c1. The zero-order chi connectivity index (χ0) is 20.0. The summed E-state index contributed by atoms with van der Waals surface area (Å²) in [5.74, 6) is 0.729. The zero-order valence-corrected chi connectivity index (χ0v) is 16.4. The number of pyridine rings is 1. The van der Waals surface area contributed by atoms with E-state index in [9.17, 15) is 9.59 Å². The number of Topliss-reactive ketones (excluding diaryl/α,β-unsaturated/α-hetero) is 1. The van der Waals surface area contributed by atoms with Crippen LogP contribution in [0.2, 0.25) is 0 Å². The first-order valence-electron chi connectivity index (χ1n) is 10.1. The molecule has 1 unspecified atom stereocenters. The highest BCUT2D eigenvalue weighted by molar-refractivity contribution is 6.00. The average Bonchev–Trinajstić information content (AvgIpc) is 3.03. The number of carbonyl (C=O) groups excluding carboxylic acids is 2. The number of likely N-dealkylation sites (tertiary alicyclic amines) is 1. The third kappa shape index (κ3) is 3.18. The number of hydrogen-bond donors (Lipinski definition) is 0. The number of aromatic nitrogens is 2. The topological polar surface area (TPSA) is 63.9 Å². The first-order chi connectivity index (χ1) is 14.0. The number of para-hydroxylation sites is 1. The van der Waals surface area contributed by atoms with Gasteiger partial charge in [-0.1, -0.05) is 12.1 Å². The molecular weight excluding hydrogens is 366 g/mol. The lowest BCUT2D eigenvalue weighted by Crippen LogP contribution is -2.43. The predicted molar refractivity (Wildman–Crippen MR) is 108 cm³/mol. The minimum absolute atomic E-state index is 0.0639. The highest BCUT2D eigenvalue weighted by Gasteiger charge is 2.42. The van der Waals surface area contributed by atoms with E-state index in [1.807, 2.05) is 58.8 Å². The van der Waals surface area contributed by atoms with Crippen LogP contribution in [-0.2, 0) is 0 Å². The van der Waals surface area contributed by atoms with Crippen molar-refractivity contribution in [2.45, 2.75) is 38.2 Å². The smallest absolute Gasteiger partial charge is 0.274 e. The molecule has 3 aromatic rings. The number of nitrogens with zero attached hydrogens (tertiary/aromatic N) is 3. The van der Waals surface area contributed by atoms with Gasteiger partial charge in [0.25, 0.3) is 5.91 Å². The Hall–Kier alpha value is -3.15. The number of imidazole rings is 1. The molecule has 1 aromatic carbocycles. The molecule has 6 heteroatoms. The van der Waals surface area contributed by atoms with Gasteiger partial charge in [0.15, 0.2) is 5.78 Å². The van der Waals surface area contributed by atoms with E-state index in [0.29, 0.717) is 42.9 Å². The van der Waals surface area contributed by atoms with E-state index in [1.165, 1.54) is 0 Å². The van der Waals surface area contributed by atoms with Crippen LogP contribution in [0.4, 0.5) is 0 Å². The van der Waals surface area contributed by atoms with E-state index in [4.69, 9.17) is 4.74 Å². The molecule has 0 bridgehead atoms. The summed E-state index contributed by atoms with van der Waals surface area (Å²) in [6.07, 6.45) is 6.29. The van der Waals surface area contributed by atoms with Gasteiger partial charge in [0, 0.05) is 31.9 Å². The summed E-state index contributed by atoms with van der Waals surface area (Å²) in [5.41, 5.74) is 2.49. The number of ketones is 1. The fourth-order valence-electron chi connectivity index (χ4n) is 4.44. The highest BCUT2D eigenvalue weighted by atomic mass is 16.5. The van der Waals surface area contributed by atoms with E-state index in [-0.39, 0.29) is 11.7 Å². The predicted octanol–water partition coefficient (Wildman–Crippen LogP) is 3.67. The molecule has 1 saturated heterocycles. The standard InChI is InChI=1S/C23H23N3O3/c1-16-7-11-26-15-18(24-21(26)13-16)22(28)25-10-4-8-23(9-12-25)14-19(27)17-5-2-3-6-20(17)29-23/h2-3,5-7,11,13,15H,4,8-10,12,14H2,1H3. The van der Waals surface area contributed by atoms with Gasteiger partial charge in [-0.3, -0.25) is 9.59 Å². The largest absolute Gasteiger partial charge is 0.486 e. The second-order valence-electron chi connectivity index (χ2n) is 8.12. The first-order valence-corrected chi connectivity index (χ1v) is 10.1. The molecule has 6 nitrogen and oxygen atoms in total. The molecule has 0 saturated carbocycles. The second-order valence-corrected chi connectivity index (χ2v) is 8.12. The van der Waals surface area contributed by atoms with Crippen molar-refractivity contribution < 1.29 is 14.3 Å². The normalized spacial score (nSPS) is 21.7. The summed E-state index contributed by atoms with van der Waals surface area (Å²) in [4.78, 5) is 32.1. The number of amides is 1. The molecule has 2 aromatic heterocycles. The number of carbonyl (C=O) groups is 2. The number of rotatable bonds is 1. The average molecular weight is 389 g/mol. The molecule has 2 aliphatic rings. The Morgan fingerprint density at radius 3 is 2.93 bits per heavy atom. The van der Waals surface area contributed by atoms with Crippen LogP contribution in [0, 0.1) is 6.92 Å². The molecule has 5 rings (SSSR count). The minimum atomic E-state index is -0.517. The molecular formula is C23H23N3O3. The Kier molecular flexibility index (Phi) is 4.15. The molecule has 1 amide bonds. The monoisotopic (exact) mass is 389 g/mol. The second kappa shape index (κ2) is 6.72. The Morgan fingerprint density at radius 1 is 1.17 bits per heavy atom. The maximum absolute atomic E-state index is 13.1. The van der Waals surface area contributed by atoms with Crippen LogP contribution in [0.1, 0.15) is 52.1 Å². The van der Waals surface area contributed by atoms with Crippen LogP contribution in [0.15, 0.2) is 48.8 Å². The lowest BCUT2D eigenvalue weighted by molar-refractivity contribution is 0.0300. The van der Waals surface area contributed by atoms with Crippen LogP contribution < -0.4 is 4.74 Å². The quantitative estimate of drug-likeness (QED) is 0.637. The van der Waals surface area contributed by atoms with Crippen molar-refractivity contribution >= 4 is 17.3 Å². The van der Waals surface area contributed by atoms with Crippen molar-refractivity contribution in [1.82, 2.24) is 14.3 Å². The maximum Gasteiger partial charge on any atom is 0.274 e. The van der Waals surface area contributed by atoms with Gasteiger partial charge in [0.1, 0.15) is 22.7 Å². The van der Waals surface area contributed by atoms with Crippen LogP contribution in [0.3, 0.4) is 0 Å². The Labute approximate surface area is 169 Å². The minimum Gasteiger partial charge on any atom is -0.486 e. The fraction of sp³-hybridized carbons (Fsp3) is 0.348. The van der Waals surface area contributed by atoms with Gasteiger partial charge in [0.05, 0.1) is 12.0 Å². The Bertz CT molecular complexity index is 1120. The molecule has 0 radical (unpaired) electrons. The van der Waals surface area contributed by atoms with E-state index in [1.54, 1.807) is 6.20 Å². The van der Waals surface area contributed by atoms with Gasteiger partial charge >= 0.3 is 0 Å². The van der Waals surface area contributed by atoms with Crippen molar-refractivity contribution in [2.75, 3.05) is 13.1 Å². The molecule has 148 valence electrons. The van der Waals surface area contributed by atoms with Gasteiger partial charge in [-0.15, -0.1) is 0 Å². The van der Waals surface area contributed by atoms with E-state index in [2.05, 4.69) is 4.98 Å². The Morgan fingerprint density at radius 2 is 2.03 bits per heavy atom. The van der Waals surface area contributed by atoms with Crippen LogP contribution in [0.5, 0.6) is 5.75 Å². The van der Waals surface area contributed by atoms with Crippen LogP contribution in [0.25, 0.3) is 5.65 Å². The van der Waals surface area contributed by atoms with Crippen LogP contribution in [-0.4, -0.2) is 44.7 Å². The number of fused-ring (bicyclic) bond motifs is 2. The fourth-order valence-corrected chi connectivity index (χ4v) is 4.44. The first kappa shape index (κ1) is 17.9. The summed E-state index contributed by atoms with van der Waals surface area (Å²) >= 11 is 0. The lowest BCUT2D eigenvalue weighted by Gasteiger charge is -2.37. The number of ether oxygens (including phenoxy) is 1. The molecule has 1 fully saturated rings. The number of aryl methyl sites for hydroxylation is 1. The van der Waals surface area contributed by atoms with E-state index >= 15 is 0 Å². The van der Waals surface area contributed by atoms with E-state index < -0.39 is 5.60 Å². The molecule has 4 heterocycles. The third-order valence-corrected chi connectivity index (χ3v) is 6.02. The molecule has 0 N–H and O–H groups in total. The number of hydrogen-bond acceptors (Lipinski definition) is 4. The summed E-state index contributed by atoms with van der Waals surface area (Å²) < 4.78 is 8.20. The maximum atomic E-state index is 13.1. The molecule has 29 heavy (non-hydrogen) atoms. The zero-order valence-electron chi connectivity index (χ0n) is 16.4. The van der Waals surface area contributed by atoms with Crippen molar-refractivity contribution in [3.8, 4) is 5.75 Å². The van der Waals surface area contributed by atoms with Crippen molar-refractivity contribution in [3.63, 3.8) is 0 Å².